The number of benzene rings is 2. The molecule has 1 amide bonds. The Hall–Kier alpha value is -2.58. The van der Waals surface area contributed by atoms with Crippen molar-refractivity contribution in [1.82, 2.24) is 10.2 Å². The summed E-state index contributed by atoms with van der Waals surface area (Å²) in [7, 11) is 0. The van der Waals surface area contributed by atoms with Crippen molar-refractivity contribution >= 4 is 34.1 Å². The first-order chi connectivity index (χ1) is 13.7. The SMILES string of the molecule is CCOc1ccc(C(=O)Nc2nnc(SCc3ccccc3)s2)cc1OCC. The Morgan fingerprint density at radius 1 is 1.04 bits per heavy atom. The summed E-state index contributed by atoms with van der Waals surface area (Å²) in [4.78, 5) is 12.6. The molecule has 0 atom stereocenters. The predicted octanol–water partition coefficient (Wildman–Crippen LogP) is 4.88. The molecule has 146 valence electrons. The Morgan fingerprint density at radius 2 is 1.79 bits per heavy atom. The van der Waals surface area contributed by atoms with E-state index in [4.69, 9.17) is 9.47 Å². The highest BCUT2D eigenvalue weighted by Crippen LogP contribution is 2.30. The number of ether oxygens (including phenoxy) is 2. The molecule has 0 saturated heterocycles. The molecule has 0 saturated carbocycles. The number of carbonyl (C=O) groups is 1. The average molecular weight is 416 g/mol. The van der Waals surface area contributed by atoms with Gasteiger partial charge in [0.1, 0.15) is 0 Å². The highest BCUT2D eigenvalue weighted by Gasteiger charge is 2.14. The summed E-state index contributed by atoms with van der Waals surface area (Å²) in [6.45, 7) is 4.81. The molecule has 6 nitrogen and oxygen atoms in total. The molecule has 0 spiro atoms. The molecular weight excluding hydrogens is 394 g/mol. The second kappa shape index (κ2) is 10.1. The Kier molecular flexibility index (Phi) is 7.27. The number of hydrogen-bond acceptors (Lipinski definition) is 7. The summed E-state index contributed by atoms with van der Waals surface area (Å²) in [6, 6.07) is 15.3. The summed E-state index contributed by atoms with van der Waals surface area (Å²) < 4.78 is 11.9. The fraction of sp³-hybridized carbons (Fsp3) is 0.250. The predicted molar refractivity (Wildman–Crippen MR) is 113 cm³/mol. The van der Waals surface area contributed by atoms with E-state index in [0.29, 0.717) is 35.4 Å². The van der Waals surface area contributed by atoms with Gasteiger partial charge >= 0.3 is 0 Å². The van der Waals surface area contributed by atoms with Gasteiger partial charge < -0.3 is 9.47 Å². The summed E-state index contributed by atoms with van der Waals surface area (Å²) >= 11 is 2.94. The van der Waals surface area contributed by atoms with E-state index in [0.717, 1.165) is 10.1 Å². The third kappa shape index (κ3) is 5.46. The van der Waals surface area contributed by atoms with Crippen molar-refractivity contribution in [3.05, 3.63) is 59.7 Å². The van der Waals surface area contributed by atoms with Gasteiger partial charge in [0, 0.05) is 11.3 Å². The van der Waals surface area contributed by atoms with Gasteiger partial charge in [0.25, 0.3) is 5.91 Å². The van der Waals surface area contributed by atoms with E-state index in [9.17, 15) is 4.79 Å². The first-order valence-corrected chi connectivity index (χ1v) is 10.7. The van der Waals surface area contributed by atoms with Gasteiger partial charge in [-0.3, -0.25) is 10.1 Å². The number of carbonyl (C=O) groups excluding carboxylic acids is 1. The number of aromatic nitrogens is 2. The molecule has 0 aliphatic heterocycles. The highest BCUT2D eigenvalue weighted by atomic mass is 32.2. The first kappa shape index (κ1) is 20.2. The fourth-order valence-corrected chi connectivity index (χ4v) is 4.10. The van der Waals surface area contributed by atoms with Crippen LogP contribution in [0.5, 0.6) is 11.5 Å². The third-order valence-electron chi connectivity index (χ3n) is 3.64. The van der Waals surface area contributed by atoms with Crippen LogP contribution in [0.15, 0.2) is 52.9 Å². The van der Waals surface area contributed by atoms with Crippen LogP contribution in [0.4, 0.5) is 5.13 Å². The van der Waals surface area contributed by atoms with Gasteiger partial charge in [0.2, 0.25) is 5.13 Å². The van der Waals surface area contributed by atoms with Crippen molar-refractivity contribution in [1.29, 1.82) is 0 Å². The van der Waals surface area contributed by atoms with E-state index < -0.39 is 0 Å². The maximum Gasteiger partial charge on any atom is 0.257 e. The summed E-state index contributed by atoms with van der Waals surface area (Å²) in [5.74, 6) is 1.71. The van der Waals surface area contributed by atoms with Gasteiger partial charge in [-0.25, -0.2) is 0 Å². The third-order valence-corrected chi connectivity index (χ3v) is 5.68. The molecule has 3 aromatic rings. The minimum Gasteiger partial charge on any atom is -0.490 e. The molecule has 1 N–H and O–H groups in total. The van der Waals surface area contributed by atoms with Crippen molar-refractivity contribution in [2.45, 2.75) is 23.9 Å². The largest absolute Gasteiger partial charge is 0.490 e. The molecule has 0 aliphatic carbocycles. The average Bonchev–Trinajstić information content (AvgIpc) is 3.16. The van der Waals surface area contributed by atoms with Gasteiger partial charge in [0.05, 0.1) is 13.2 Å². The molecule has 3 rings (SSSR count). The topological polar surface area (TPSA) is 73.3 Å². The zero-order valence-corrected chi connectivity index (χ0v) is 17.3. The van der Waals surface area contributed by atoms with E-state index in [1.165, 1.54) is 16.9 Å². The van der Waals surface area contributed by atoms with Gasteiger partial charge in [-0.1, -0.05) is 53.4 Å². The normalized spacial score (nSPS) is 10.5. The zero-order valence-electron chi connectivity index (χ0n) is 15.7. The molecule has 0 unspecified atom stereocenters. The maximum atomic E-state index is 12.6. The van der Waals surface area contributed by atoms with Crippen LogP contribution < -0.4 is 14.8 Å². The maximum absolute atomic E-state index is 12.6. The van der Waals surface area contributed by atoms with Crippen molar-refractivity contribution in [2.75, 3.05) is 18.5 Å². The number of anilines is 1. The number of thioether (sulfide) groups is 1. The van der Waals surface area contributed by atoms with E-state index in [2.05, 4.69) is 27.6 Å². The second-order valence-corrected chi connectivity index (χ2v) is 7.83. The van der Waals surface area contributed by atoms with Crippen molar-refractivity contribution in [2.24, 2.45) is 0 Å². The van der Waals surface area contributed by atoms with Crippen LogP contribution in [0.3, 0.4) is 0 Å². The Morgan fingerprint density at radius 3 is 2.54 bits per heavy atom. The molecule has 2 aromatic carbocycles. The van der Waals surface area contributed by atoms with Crippen LogP contribution in [0.2, 0.25) is 0 Å². The molecule has 0 aliphatic rings. The van der Waals surface area contributed by atoms with E-state index in [-0.39, 0.29) is 5.91 Å². The standard InChI is InChI=1S/C20H21N3O3S2/c1-3-25-16-11-10-15(12-17(16)26-4-2)18(24)21-19-22-23-20(28-19)27-13-14-8-6-5-7-9-14/h5-12H,3-4,13H2,1-2H3,(H,21,22,24). The Bertz CT molecular complexity index is 916. The van der Waals surface area contributed by atoms with Crippen LogP contribution in [0, 0.1) is 0 Å². The molecular formula is C20H21N3O3S2. The quantitative estimate of drug-likeness (QED) is 0.397. The van der Waals surface area contributed by atoms with Crippen LogP contribution >= 0.6 is 23.1 Å². The van der Waals surface area contributed by atoms with Crippen LogP contribution in [-0.4, -0.2) is 29.3 Å². The van der Waals surface area contributed by atoms with Crippen molar-refractivity contribution in [3.63, 3.8) is 0 Å². The van der Waals surface area contributed by atoms with E-state index in [1.54, 1.807) is 30.0 Å². The van der Waals surface area contributed by atoms with Gasteiger partial charge in [-0.15, -0.1) is 10.2 Å². The molecule has 1 heterocycles. The monoisotopic (exact) mass is 415 g/mol. The highest BCUT2D eigenvalue weighted by molar-refractivity contribution is 8.00. The minimum absolute atomic E-state index is 0.264. The molecule has 0 bridgehead atoms. The van der Waals surface area contributed by atoms with Crippen LogP contribution in [0.1, 0.15) is 29.8 Å². The lowest BCUT2D eigenvalue weighted by Gasteiger charge is -2.12. The van der Waals surface area contributed by atoms with E-state index >= 15 is 0 Å². The smallest absolute Gasteiger partial charge is 0.257 e. The summed E-state index contributed by atoms with van der Waals surface area (Å²) in [6.07, 6.45) is 0. The number of rotatable bonds is 9. The lowest BCUT2D eigenvalue weighted by atomic mass is 10.2. The lowest BCUT2D eigenvalue weighted by molar-refractivity contribution is 0.102. The lowest BCUT2D eigenvalue weighted by Crippen LogP contribution is -2.12. The number of hydrogen-bond donors (Lipinski definition) is 1. The van der Waals surface area contributed by atoms with Crippen molar-refractivity contribution < 1.29 is 14.3 Å². The van der Waals surface area contributed by atoms with E-state index in [1.807, 2.05) is 32.0 Å². The summed E-state index contributed by atoms with van der Waals surface area (Å²) in [5, 5.41) is 11.5. The molecule has 8 heteroatoms. The van der Waals surface area contributed by atoms with Gasteiger partial charge in [-0.05, 0) is 37.6 Å². The van der Waals surface area contributed by atoms with Gasteiger partial charge in [-0.2, -0.15) is 0 Å². The van der Waals surface area contributed by atoms with Crippen LogP contribution in [0.25, 0.3) is 0 Å². The molecule has 28 heavy (non-hydrogen) atoms. The number of nitrogens with one attached hydrogen (secondary N) is 1. The Balaban J connectivity index is 1.63. The Labute approximate surface area is 172 Å². The molecule has 0 radical (unpaired) electrons. The molecule has 0 fully saturated rings. The van der Waals surface area contributed by atoms with Gasteiger partial charge in [0.15, 0.2) is 15.8 Å². The number of nitrogens with zero attached hydrogens (tertiary/aromatic N) is 2. The minimum atomic E-state index is -0.264. The zero-order chi connectivity index (χ0) is 19.8. The summed E-state index contributed by atoms with van der Waals surface area (Å²) in [5.41, 5.74) is 1.69. The van der Waals surface area contributed by atoms with Crippen molar-refractivity contribution in [3.8, 4) is 11.5 Å². The first-order valence-electron chi connectivity index (χ1n) is 8.90. The molecule has 1 aromatic heterocycles. The second-order valence-electron chi connectivity index (χ2n) is 5.63. The fourth-order valence-electron chi connectivity index (χ4n) is 2.40. The van der Waals surface area contributed by atoms with Crippen LogP contribution in [-0.2, 0) is 5.75 Å². The number of amides is 1.